The molecule has 1 spiro atoms. The van der Waals surface area contributed by atoms with Crippen molar-refractivity contribution in [2.24, 2.45) is 5.41 Å². The average molecular weight is 183 g/mol. The molecule has 0 N–H and O–H groups in total. The molecule has 1 heterocycles. The number of carbonyl (C=O) groups excluding carboxylic acids is 1. The summed E-state index contributed by atoms with van der Waals surface area (Å²) in [5.74, 6) is -0.105. The van der Waals surface area contributed by atoms with Gasteiger partial charge in [-0.1, -0.05) is 0 Å². The smallest absolute Gasteiger partial charge is 0.319 e. The summed E-state index contributed by atoms with van der Waals surface area (Å²) in [5.41, 5.74) is 0.701. The van der Waals surface area contributed by atoms with Crippen LogP contribution in [0.1, 0.15) is 25.7 Å². The third-order valence-corrected chi connectivity index (χ3v) is 3.45. The van der Waals surface area contributed by atoms with E-state index in [0.717, 1.165) is 13.1 Å². The summed E-state index contributed by atoms with van der Waals surface area (Å²) in [7, 11) is 1.45. The normalized spacial score (nSPS) is 25.9. The Morgan fingerprint density at radius 1 is 1.31 bits per heavy atom. The summed E-state index contributed by atoms with van der Waals surface area (Å²) in [6.45, 7) is 2.64. The number of likely N-dealkylation sites (tertiary alicyclic amines) is 1. The summed E-state index contributed by atoms with van der Waals surface area (Å²) < 4.78 is 4.64. The second kappa shape index (κ2) is 3.29. The largest absolute Gasteiger partial charge is 0.468 e. The van der Waals surface area contributed by atoms with Gasteiger partial charge >= 0.3 is 5.97 Å². The van der Waals surface area contributed by atoms with Crippen molar-refractivity contribution in [2.75, 3.05) is 26.7 Å². The number of esters is 1. The number of nitrogens with zero attached hydrogens (tertiary/aromatic N) is 1. The Bertz CT molecular complexity index is 201. The molecule has 1 aliphatic heterocycles. The Morgan fingerprint density at radius 2 is 1.92 bits per heavy atom. The molecule has 2 fully saturated rings. The minimum absolute atomic E-state index is 0.105. The quantitative estimate of drug-likeness (QED) is 0.599. The lowest BCUT2D eigenvalue weighted by molar-refractivity contribution is -0.142. The molecule has 0 aromatic rings. The van der Waals surface area contributed by atoms with E-state index in [9.17, 15) is 4.79 Å². The zero-order chi connectivity index (χ0) is 9.31. The van der Waals surface area contributed by atoms with Crippen LogP contribution in [0.4, 0.5) is 0 Å². The number of ether oxygens (including phenoxy) is 1. The molecule has 3 heteroatoms. The van der Waals surface area contributed by atoms with Gasteiger partial charge in [-0.15, -0.1) is 0 Å². The number of hydrogen-bond acceptors (Lipinski definition) is 3. The van der Waals surface area contributed by atoms with E-state index in [2.05, 4.69) is 9.64 Å². The first-order valence-electron chi connectivity index (χ1n) is 5.03. The second-order valence-corrected chi connectivity index (χ2v) is 4.35. The molecule has 2 rings (SSSR count). The maximum atomic E-state index is 11.0. The van der Waals surface area contributed by atoms with Gasteiger partial charge in [0.15, 0.2) is 0 Å². The predicted molar refractivity (Wildman–Crippen MR) is 49.4 cm³/mol. The van der Waals surface area contributed by atoms with Gasteiger partial charge < -0.3 is 4.74 Å². The molecule has 0 atom stereocenters. The van der Waals surface area contributed by atoms with Crippen LogP contribution in [0.5, 0.6) is 0 Å². The molecule has 1 aliphatic carbocycles. The molecule has 1 saturated heterocycles. The molecule has 0 unspecified atom stereocenters. The molecular weight excluding hydrogens is 166 g/mol. The van der Waals surface area contributed by atoms with Gasteiger partial charge in [0.05, 0.1) is 13.7 Å². The topological polar surface area (TPSA) is 29.5 Å². The summed E-state index contributed by atoms with van der Waals surface area (Å²) in [5, 5.41) is 0. The van der Waals surface area contributed by atoms with Crippen LogP contribution in [0.3, 0.4) is 0 Å². The number of methoxy groups -OCH3 is 1. The zero-order valence-corrected chi connectivity index (χ0v) is 8.21. The molecule has 2 aliphatic rings. The van der Waals surface area contributed by atoms with Crippen molar-refractivity contribution in [3.8, 4) is 0 Å². The Hall–Kier alpha value is -0.570. The Morgan fingerprint density at radius 3 is 2.38 bits per heavy atom. The fourth-order valence-electron chi connectivity index (χ4n) is 2.11. The fraction of sp³-hybridized carbons (Fsp3) is 0.900. The van der Waals surface area contributed by atoms with Gasteiger partial charge in [0, 0.05) is 0 Å². The van der Waals surface area contributed by atoms with Crippen LogP contribution in [0.25, 0.3) is 0 Å². The standard InChI is InChI=1S/C10H17NO2/c1-13-9(12)8-11-6-4-10(2-3-10)5-7-11/h2-8H2,1H3. The van der Waals surface area contributed by atoms with Crippen LogP contribution in [-0.4, -0.2) is 37.6 Å². The van der Waals surface area contributed by atoms with E-state index in [1.165, 1.54) is 32.8 Å². The zero-order valence-electron chi connectivity index (χ0n) is 8.21. The maximum Gasteiger partial charge on any atom is 0.319 e. The number of hydrogen-bond donors (Lipinski definition) is 0. The third-order valence-electron chi connectivity index (χ3n) is 3.45. The Labute approximate surface area is 79.0 Å². The van der Waals surface area contributed by atoms with Gasteiger partial charge in [-0.05, 0) is 44.2 Å². The molecular formula is C10H17NO2. The lowest BCUT2D eigenvalue weighted by atomic mass is 9.94. The van der Waals surface area contributed by atoms with Crippen molar-refractivity contribution in [3.63, 3.8) is 0 Å². The van der Waals surface area contributed by atoms with Gasteiger partial charge in [0.2, 0.25) is 0 Å². The van der Waals surface area contributed by atoms with Gasteiger partial charge in [-0.25, -0.2) is 0 Å². The van der Waals surface area contributed by atoms with E-state index in [4.69, 9.17) is 0 Å². The van der Waals surface area contributed by atoms with Gasteiger partial charge in [-0.2, -0.15) is 0 Å². The fourth-order valence-corrected chi connectivity index (χ4v) is 2.11. The van der Waals surface area contributed by atoms with E-state index < -0.39 is 0 Å². The second-order valence-electron chi connectivity index (χ2n) is 4.35. The highest BCUT2D eigenvalue weighted by molar-refractivity contribution is 5.71. The van der Waals surface area contributed by atoms with Gasteiger partial charge in [0.1, 0.15) is 0 Å². The van der Waals surface area contributed by atoms with Crippen LogP contribution < -0.4 is 0 Å². The summed E-state index contributed by atoms with van der Waals surface area (Å²) >= 11 is 0. The van der Waals surface area contributed by atoms with E-state index >= 15 is 0 Å². The van der Waals surface area contributed by atoms with Crippen molar-refractivity contribution < 1.29 is 9.53 Å². The first kappa shape index (κ1) is 9.00. The third kappa shape index (κ3) is 2.02. The minimum Gasteiger partial charge on any atom is -0.468 e. The van der Waals surface area contributed by atoms with Crippen molar-refractivity contribution >= 4 is 5.97 Å². The van der Waals surface area contributed by atoms with E-state index in [1.54, 1.807) is 0 Å². The van der Waals surface area contributed by atoms with Crippen LogP contribution >= 0.6 is 0 Å². The van der Waals surface area contributed by atoms with E-state index in [0.29, 0.717) is 12.0 Å². The average Bonchev–Trinajstić information content (AvgIpc) is 2.90. The van der Waals surface area contributed by atoms with Crippen LogP contribution in [0.2, 0.25) is 0 Å². The molecule has 3 nitrogen and oxygen atoms in total. The number of piperidine rings is 1. The number of carbonyl (C=O) groups is 1. The first-order valence-corrected chi connectivity index (χ1v) is 5.03. The van der Waals surface area contributed by atoms with Gasteiger partial charge in [-0.3, -0.25) is 9.69 Å². The van der Waals surface area contributed by atoms with Crippen molar-refractivity contribution in [1.29, 1.82) is 0 Å². The highest BCUT2D eigenvalue weighted by Crippen LogP contribution is 2.53. The van der Waals surface area contributed by atoms with Gasteiger partial charge in [0.25, 0.3) is 0 Å². The summed E-state index contributed by atoms with van der Waals surface area (Å²) in [4.78, 5) is 13.2. The van der Waals surface area contributed by atoms with E-state index in [-0.39, 0.29) is 5.97 Å². The molecule has 0 bridgehead atoms. The monoisotopic (exact) mass is 183 g/mol. The first-order chi connectivity index (χ1) is 6.24. The highest BCUT2D eigenvalue weighted by Gasteiger charge is 2.44. The Balaban J connectivity index is 1.74. The van der Waals surface area contributed by atoms with Crippen LogP contribution in [0, 0.1) is 5.41 Å². The molecule has 0 aromatic carbocycles. The van der Waals surface area contributed by atoms with Crippen LogP contribution in [0.15, 0.2) is 0 Å². The molecule has 0 radical (unpaired) electrons. The van der Waals surface area contributed by atoms with E-state index in [1.807, 2.05) is 0 Å². The Kier molecular flexibility index (Phi) is 2.28. The highest BCUT2D eigenvalue weighted by atomic mass is 16.5. The lowest BCUT2D eigenvalue weighted by Crippen LogP contribution is -2.38. The SMILES string of the molecule is COC(=O)CN1CCC2(CC1)CC2. The summed E-state index contributed by atoms with van der Waals surface area (Å²) in [6, 6.07) is 0. The lowest BCUT2D eigenvalue weighted by Gasteiger charge is -2.30. The maximum absolute atomic E-state index is 11.0. The molecule has 0 aromatic heterocycles. The van der Waals surface area contributed by atoms with Crippen molar-refractivity contribution in [3.05, 3.63) is 0 Å². The van der Waals surface area contributed by atoms with Crippen LogP contribution in [-0.2, 0) is 9.53 Å². The van der Waals surface area contributed by atoms with Crippen molar-refractivity contribution in [2.45, 2.75) is 25.7 Å². The minimum atomic E-state index is -0.105. The molecule has 74 valence electrons. The molecule has 0 amide bonds. The van der Waals surface area contributed by atoms with Crippen molar-refractivity contribution in [1.82, 2.24) is 4.90 Å². The number of rotatable bonds is 2. The molecule has 13 heavy (non-hydrogen) atoms. The molecule has 1 saturated carbocycles. The summed E-state index contributed by atoms with van der Waals surface area (Å²) in [6.07, 6.45) is 5.39. The predicted octanol–water partition coefficient (Wildman–Crippen LogP) is 1.04.